The Balaban J connectivity index is 1.14. The van der Waals surface area contributed by atoms with E-state index in [0.717, 1.165) is 50.0 Å². The van der Waals surface area contributed by atoms with Crippen LogP contribution in [0.1, 0.15) is 111 Å². The van der Waals surface area contributed by atoms with Gasteiger partial charge in [0.05, 0.1) is 5.76 Å². The van der Waals surface area contributed by atoms with Crippen LogP contribution in [0.15, 0.2) is 103 Å². The molecule has 0 saturated heterocycles. The van der Waals surface area contributed by atoms with Gasteiger partial charge in [-0.3, -0.25) is 0 Å². The zero-order chi connectivity index (χ0) is 31.6. The summed E-state index contributed by atoms with van der Waals surface area (Å²) < 4.78 is 5.52. The SMILES string of the molecule is C=C(c1ccccc1)c1ccc2c(CCC)c(C(C)CCCCCc3ccc(/C=C\C(CC)CC4=CCO4)c(C)c3)ccc2c1. The van der Waals surface area contributed by atoms with Crippen molar-refractivity contribution in [3.8, 4) is 0 Å². The predicted octanol–water partition coefficient (Wildman–Crippen LogP) is 12.4. The van der Waals surface area contributed by atoms with Crippen LogP contribution in [0.3, 0.4) is 0 Å². The fourth-order valence-corrected chi connectivity index (χ4v) is 6.78. The zero-order valence-corrected chi connectivity index (χ0v) is 28.1. The molecule has 2 unspecified atom stereocenters. The normalized spacial score (nSPS) is 14.2. The van der Waals surface area contributed by atoms with Gasteiger partial charge in [0.25, 0.3) is 0 Å². The molecule has 1 heterocycles. The van der Waals surface area contributed by atoms with Crippen LogP contribution in [0.5, 0.6) is 0 Å². The lowest BCUT2D eigenvalue weighted by Crippen LogP contribution is -2.08. The number of unbranched alkanes of at least 4 members (excludes halogenated alkanes) is 2. The van der Waals surface area contributed by atoms with E-state index in [-0.39, 0.29) is 0 Å². The Morgan fingerprint density at radius 1 is 0.889 bits per heavy atom. The molecule has 4 aromatic carbocycles. The van der Waals surface area contributed by atoms with E-state index in [9.17, 15) is 0 Å². The van der Waals surface area contributed by atoms with Crippen molar-refractivity contribution >= 4 is 22.4 Å². The van der Waals surface area contributed by atoms with Crippen LogP contribution >= 0.6 is 0 Å². The maximum absolute atomic E-state index is 5.52. The van der Waals surface area contributed by atoms with Gasteiger partial charge in [0.15, 0.2) is 0 Å². The van der Waals surface area contributed by atoms with E-state index < -0.39 is 0 Å². The Morgan fingerprint density at radius 2 is 1.71 bits per heavy atom. The molecule has 0 aromatic heterocycles. The topological polar surface area (TPSA) is 9.23 Å². The fourth-order valence-electron chi connectivity index (χ4n) is 6.78. The number of rotatable bonds is 16. The quantitative estimate of drug-likeness (QED) is 0.117. The maximum Gasteiger partial charge on any atom is 0.109 e. The van der Waals surface area contributed by atoms with Crippen LogP contribution in [0.4, 0.5) is 0 Å². The molecule has 0 bridgehead atoms. The third-order valence-corrected chi connectivity index (χ3v) is 9.72. The van der Waals surface area contributed by atoms with E-state index in [2.05, 4.69) is 131 Å². The third kappa shape index (κ3) is 8.46. The predicted molar refractivity (Wildman–Crippen MR) is 196 cm³/mol. The highest BCUT2D eigenvalue weighted by atomic mass is 16.5. The van der Waals surface area contributed by atoms with E-state index >= 15 is 0 Å². The minimum absolute atomic E-state index is 0.545. The molecule has 4 aromatic rings. The van der Waals surface area contributed by atoms with Crippen LogP contribution in [0, 0.1) is 12.8 Å². The molecule has 0 saturated carbocycles. The Hall–Kier alpha value is -3.84. The molecule has 0 fully saturated rings. The second-order valence-electron chi connectivity index (χ2n) is 13.1. The molecule has 1 nitrogen and oxygen atoms in total. The fraction of sp³-hybridized carbons (Fsp3) is 0.364. The van der Waals surface area contributed by atoms with Crippen LogP contribution in [-0.2, 0) is 17.6 Å². The number of hydrogen-bond donors (Lipinski definition) is 0. The number of fused-ring (bicyclic) bond motifs is 1. The number of hydrogen-bond acceptors (Lipinski definition) is 1. The first-order valence-electron chi connectivity index (χ1n) is 17.4. The smallest absolute Gasteiger partial charge is 0.109 e. The van der Waals surface area contributed by atoms with Gasteiger partial charge < -0.3 is 4.74 Å². The third-order valence-electron chi connectivity index (χ3n) is 9.72. The van der Waals surface area contributed by atoms with E-state index in [1.54, 1.807) is 11.1 Å². The molecule has 2 atom stereocenters. The highest BCUT2D eigenvalue weighted by Gasteiger charge is 2.15. The van der Waals surface area contributed by atoms with Crippen molar-refractivity contribution in [2.24, 2.45) is 5.92 Å². The number of ether oxygens (including phenoxy) is 1. The van der Waals surface area contributed by atoms with Gasteiger partial charge in [-0.25, -0.2) is 0 Å². The Morgan fingerprint density at radius 3 is 2.42 bits per heavy atom. The first-order chi connectivity index (χ1) is 22.0. The largest absolute Gasteiger partial charge is 0.494 e. The summed E-state index contributed by atoms with van der Waals surface area (Å²) in [5, 5.41) is 2.74. The van der Waals surface area contributed by atoms with Gasteiger partial charge >= 0.3 is 0 Å². The summed E-state index contributed by atoms with van der Waals surface area (Å²) >= 11 is 0. The molecule has 1 aliphatic rings. The molecule has 1 aliphatic heterocycles. The highest BCUT2D eigenvalue weighted by Crippen LogP contribution is 2.34. The second-order valence-corrected chi connectivity index (χ2v) is 13.1. The van der Waals surface area contributed by atoms with Gasteiger partial charge in [0.1, 0.15) is 6.61 Å². The minimum atomic E-state index is 0.545. The first kappa shape index (κ1) is 32.6. The van der Waals surface area contributed by atoms with Crippen molar-refractivity contribution in [2.75, 3.05) is 6.61 Å². The van der Waals surface area contributed by atoms with E-state index in [4.69, 9.17) is 4.74 Å². The molecule has 0 amide bonds. The Kier molecular flexibility index (Phi) is 11.5. The molecule has 0 N–H and O–H groups in total. The van der Waals surface area contributed by atoms with Crippen LogP contribution in [-0.4, -0.2) is 6.61 Å². The van der Waals surface area contributed by atoms with E-state index in [0.29, 0.717) is 11.8 Å². The molecule has 0 radical (unpaired) electrons. The van der Waals surface area contributed by atoms with Crippen molar-refractivity contribution in [1.82, 2.24) is 0 Å². The number of benzene rings is 4. The molecule has 0 aliphatic carbocycles. The van der Waals surface area contributed by atoms with Gasteiger partial charge in [-0.1, -0.05) is 132 Å². The monoisotopic (exact) mass is 596 g/mol. The van der Waals surface area contributed by atoms with E-state index in [1.807, 2.05) is 0 Å². The molecular formula is C44H52O. The summed E-state index contributed by atoms with van der Waals surface area (Å²) in [6.07, 6.45) is 17.6. The lowest BCUT2D eigenvalue weighted by atomic mass is 9.85. The van der Waals surface area contributed by atoms with E-state index in [1.165, 1.54) is 64.3 Å². The minimum Gasteiger partial charge on any atom is -0.494 e. The molecule has 5 rings (SSSR count). The van der Waals surface area contributed by atoms with Crippen LogP contribution < -0.4 is 0 Å². The van der Waals surface area contributed by atoms with Crippen molar-refractivity contribution in [3.63, 3.8) is 0 Å². The van der Waals surface area contributed by atoms with Crippen molar-refractivity contribution in [1.29, 1.82) is 0 Å². The zero-order valence-electron chi connectivity index (χ0n) is 28.1. The van der Waals surface area contributed by atoms with Gasteiger partial charge in [-0.05, 0) is 118 Å². The summed E-state index contributed by atoms with van der Waals surface area (Å²) in [5.74, 6) is 2.28. The number of allylic oxidation sites excluding steroid dienone is 2. The molecule has 1 heteroatoms. The summed E-state index contributed by atoms with van der Waals surface area (Å²) in [7, 11) is 0. The van der Waals surface area contributed by atoms with Gasteiger partial charge in [0.2, 0.25) is 0 Å². The molecule has 0 spiro atoms. The molecule has 234 valence electrons. The van der Waals surface area contributed by atoms with Crippen LogP contribution in [0.25, 0.3) is 22.4 Å². The van der Waals surface area contributed by atoms with Gasteiger partial charge in [0, 0.05) is 6.42 Å². The van der Waals surface area contributed by atoms with Crippen molar-refractivity contribution in [3.05, 3.63) is 142 Å². The van der Waals surface area contributed by atoms with Crippen LogP contribution in [0.2, 0.25) is 0 Å². The van der Waals surface area contributed by atoms with Gasteiger partial charge in [-0.15, -0.1) is 0 Å². The molecule has 45 heavy (non-hydrogen) atoms. The summed E-state index contributed by atoms with van der Waals surface area (Å²) in [6, 6.07) is 29.2. The van der Waals surface area contributed by atoms with Crippen molar-refractivity contribution < 1.29 is 4.74 Å². The average molecular weight is 597 g/mol. The lowest BCUT2D eigenvalue weighted by Gasteiger charge is -2.20. The maximum atomic E-state index is 5.52. The Bertz CT molecular complexity index is 1640. The summed E-state index contributed by atoms with van der Waals surface area (Å²) in [4.78, 5) is 0. The first-order valence-corrected chi connectivity index (χ1v) is 17.4. The second kappa shape index (κ2) is 15.9. The van der Waals surface area contributed by atoms with Crippen molar-refractivity contribution in [2.45, 2.75) is 91.4 Å². The van der Waals surface area contributed by atoms with Gasteiger partial charge in [-0.2, -0.15) is 0 Å². The summed E-state index contributed by atoms with van der Waals surface area (Å²) in [6.45, 7) is 14.4. The Labute approximate surface area is 272 Å². The standard InChI is InChI=1S/C44H52O/c1-6-14-44-42(25-24-40-31-39(23-26-43(40)44)34(5)38-17-12-9-13-18-38)32(3)15-10-8-11-16-36-20-22-37(33(4)29-36)21-19-35(7-2)30-41-27-28-45-41/h9,12-13,17-27,29,31-32,35H,5-8,10-11,14-16,28,30H2,1-4H3/b21-19-. The highest BCUT2D eigenvalue weighted by molar-refractivity contribution is 5.91. The number of aryl methyl sites for hydroxylation is 3. The summed E-state index contributed by atoms with van der Waals surface area (Å²) in [5.41, 5.74) is 10.7. The molecular weight excluding hydrogens is 544 g/mol. The lowest BCUT2D eigenvalue weighted by molar-refractivity contribution is 0.178. The average Bonchev–Trinajstić information content (AvgIpc) is 3.04.